The molecule has 2 aromatic rings. The van der Waals surface area contributed by atoms with E-state index >= 15 is 0 Å². The smallest absolute Gasteiger partial charge is 0.337 e. The molecule has 5 nitrogen and oxygen atoms in total. The standard InChI is InChI=1S/C15H13F2NO4S/c1-22-15(19)11-7-5-10(6-8-11)9-23(20,21)18-14-12(16)3-2-4-13(14)17/h2-8,18H,9H2,1H3. The second kappa shape index (κ2) is 6.74. The molecule has 8 heteroatoms. The molecule has 0 atom stereocenters. The van der Waals surface area contributed by atoms with Gasteiger partial charge in [0, 0.05) is 0 Å². The van der Waals surface area contributed by atoms with Crippen LogP contribution in [-0.2, 0) is 20.5 Å². The molecule has 0 aromatic heterocycles. The number of rotatable bonds is 5. The lowest BCUT2D eigenvalue weighted by molar-refractivity contribution is 0.0600. The van der Waals surface area contributed by atoms with Gasteiger partial charge in [0.25, 0.3) is 0 Å². The molecule has 2 rings (SSSR count). The number of methoxy groups -OCH3 is 1. The molecule has 0 fully saturated rings. The molecule has 2 aromatic carbocycles. The summed E-state index contributed by atoms with van der Waals surface area (Å²) in [6.45, 7) is 0. The maximum Gasteiger partial charge on any atom is 0.337 e. The Kier molecular flexibility index (Phi) is 4.95. The van der Waals surface area contributed by atoms with Crippen molar-refractivity contribution in [3.05, 3.63) is 65.2 Å². The number of esters is 1. The number of hydrogen-bond donors (Lipinski definition) is 1. The molecule has 0 unspecified atom stereocenters. The van der Waals surface area contributed by atoms with Crippen LogP contribution < -0.4 is 4.72 Å². The highest BCUT2D eigenvalue weighted by molar-refractivity contribution is 7.91. The highest BCUT2D eigenvalue weighted by atomic mass is 32.2. The van der Waals surface area contributed by atoms with E-state index in [9.17, 15) is 22.0 Å². The van der Waals surface area contributed by atoms with Gasteiger partial charge in [-0.2, -0.15) is 0 Å². The third kappa shape index (κ3) is 4.26. The van der Waals surface area contributed by atoms with Crippen LogP contribution in [0.3, 0.4) is 0 Å². The molecule has 0 aliphatic heterocycles. The third-order valence-electron chi connectivity index (χ3n) is 2.95. The maximum atomic E-state index is 13.5. The van der Waals surface area contributed by atoms with E-state index in [0.29, 0.717) is 5.56 Å². The number of carbonyl (C=O) groups is 1. The van der Waals surface area contributed by atoms with Crippen molar-refractivity contribution in [2.24, 2.45) is 0 Å². The first kappa shape index (κ1) is 16.9. The monoisotopic (exact) mass is 341 g/mol. The van der Waals surface area contributed by atoms with Crippen molar-refractivity contribution >= 4 is 21.7 Å². The number of carbonyl (C=O) groups excluding carboxylic acids is 1. The number of ether oxygens (including phenoxy) is 1. The number of halogens is 2. The number of anilines is 1. The summed E-state index contributed by atoms with van der Waals surface area (Å²) in [7, 11) is -2.79. The lowest BCUT2D eigenvalue weighted by Gasteiger charge is -2.10. The Morgan fingerprint density at radius 3 is 2.17 bits per heavy atom. The molecular formula is C15H13F2NO4S. The Labute approximate surface area is 132 Å². The molecule has 0 spiro atoms. The Balaban J connectivity index is 2.17. The fourth-order valence-corrected chi connectivity index (χ4v) is 3.07. The number of benzene rings is 2. The van der Waals surface area contributed by atoms with Crippen LogP contribution in [-0.4, -0.2) is 21.5 Å². The summed E-state index contributed by atoms with van der Waals surface area (Å²) in [5.41, 5.74) is -0.109. The second-order valence-electron chi connectivity index (χ2n) is 4.65. The van der Waals surface area contributed by atoms with Crippen LogP contribution in [0.1, 0.15) is 15.9 Å². The normalized spacial score (nSPS) is 11.1. The predicted molar refractivity (Wildman–Crippen MR) is 80.4 cm³/mol. The van der Waals surface area contributed by atoms with Gasteiger partial charge < -0.3 is 4.74 Å². The van der Waals surface area contributed by atoms with Gasteiger partial charge in [-0.3, -0.25) is 4.72 Å². The first-order valence-corrected chi connectivity index (χ1v) is 8.09. The fourth-order valence-electron chi connectivity index (χ4n) is 1.86. The average molecular weight is 341 g/mol. The molecule has 0 saturated carbocycles. The predicted octanol–water partition coefficient (Wildman–Crippen LogP) is 2.69. The maximum absolute atomic E-state index is 13.5. The van der Waals surface area contributed by atoms with Crippen LogP contribution in [0.25, 0.3) is 0 Å². The van der Waals surface area contributed by atoms with Crippen LogP contribution in [0.4, 0.5) is 14.5 Å². The van der Waals surface area contributed by atoms with Gasteiger partial charge in [-0.15, -0.1) is 0 Å². The van der Waals surface area contributed by atoms with Crippen LogP contribution in [0.15, 0.2) is 42.5 Å². The molecule has 23 heavy (non-hydrogen) atoms. The van der Waals surface area contributed by atoms with Crippen molar-refractivity contribution in [1.29, 1.82) is 0 Å². The van der Waals surface area contributed by atoms with E-state index < -0.39 is 39.1 Å². The summed E-state index contributed by atoms with van der Waals surface area (Å²) in [4.78, 5) is 11.3. The van der Waals surface area contributed by atoms with Crippen LogP contribution in [0, 0.1) is 11.6 Å². The minimum absolute atomic E-state index is 0.266. The Morgan fingerprint density at radius 1 is 1.09 bits per heavy atom. The van der Waals surface area contributed by atoms with E-state index in [2.05, 4.69) is 4.74 Å². The number of nitrogens with one attached hydrogen (secondary N) is 1. The van der Waals surface area contributed by atoms with E-state index in [1.807, 2.05) is 4.72 Å². The van der Waals surface area contributed by atoms with Crippen molar-refractivity contribution in [2.45, 2.75) is 5.75 Å². The van der Waals surface area contributed by atoms with Gasteiger partial charge in [0.05, 0.1) is 18.4 Å². The summed E-state index contributed by atoms with van der Waals surface area (Å²) in [5.74, 6) is -3.06. The fraction of sp³-hybridized carbons (Fsp3) is 0.133. The molecule has 122 valence electrons. The largest absolute Gasteiger partial charge is 0.465 e. The first-order valence-electron chi connectivity index (χ1n) is 6.44. The quantitative estimate of drug-likeness (QED) is 0.849. The topological polar surface area (TPSA) is 72.5 Å². The highest BCUT2D eigenvalue weighted by Gasteiger charge is 2.17. The molecule has 0 aliphatic rings. The minimum atomic E-state index is -4.02. The number of sulfonamides is 1. The number of para-hydroxylation sites is 1. The van der Waals surface area contributed by atoms with Gasteiger partial charge in [-0.1, -0.05) is 18.2 Å². The first-order chi connectivity index (χ1) is 10.8. The highest BCUT2D eigenvalue weighted by Crippen LogP contribution is 2.20. The molecule has 0 heterocycles. The number of hydrogen-bond acceptors (Lipinski definition) is 4. The molecule has 0 radical (unpaired) electrons. The van der Waals surface area contributed by atoms with Crippen molar-refractivity contribution in [1.82, 2.24) is 0 Å². The molecule has 0 bridgehead atoms. The second-order valence-corrected chi connectivity index (χ2v) is 6.37. The summed E-state index contributed by atoms with van der Waals surface area (Å²) >= 11 is 0. The Hall–Kier alpha value is -2.48. The lowest BCUT2D eigenvalue weighted by atomic mass is 10.1. The van der Waals surface area contributed by atoms with Gasteiger partial charge in [0.1, 0.15) is 17.3 Å². The molecule has 0 aliphatic carbocycles. The average Bonchev–Trinajstić information content (AvgIpc) is 2.51. The third-order valence-corrected chi connectivity index (χ3v) is 4.18. The molecule has 0 amide bonds. The van der Waals surface area contributed by atoms with E-state index in [-0.39, 0.29) is 5.56 Å². The van der Waals surface area contributed by atoms with Gasteiger partial charge in [-0.25, -0.2) is 22.0 Å². The zero-order valence-corrected chi connectivity index (χ0v) is 12.9. The van der Waals surface area contributed by atoms with E-state index in [4.69, 9.17) is 0 Å². The summed E-state index contributed by atoms with van der Waals surface area (Å²) in [6.07, 6.45) is 0. The van der Waals surface area contributed by atoms with Gasteiger partial charge in [0.15, 0.2) is 0 Å². The van der Waals surface area contributed by atoms with Gasteiger partial charge >= 0.3 is 5.97 Å². The Morgan fingerprint density at radius 2 is 1.65 bits per heavy atom. The van der Waals surface area contributed by atoms with Crippen molar-refractivity contribution in [3.8, 4) is 0 Å². The van der Waals surface area contributed by atoms with Crippen LogP contribution in [0.5, 0.6) is 0 Å². The van der Waals surface area contributed by atoms with Crippen molar-refractivity contribution in [2.75, 3.05) is 11.8 Å². The molecular weight excluding hydrogens is 328 g/mol. The zero-order valence-electron chi connectivity index (χ0n) is 12.0. The lowest BCUT2D eigenvalue weighted by Crippen LogP contribution is -2.17. The van der Waals surface area contributed by atoms with Gasteiger partial charge in [-0.05, 0) is 29.8 Å². The van der Waals surface area contributed by atoms with Crippen molar-refractivity contribution < 1.29 is 26.7 Å². The zero-order chi connectivity index (χ0) is 17.0. The van der Waals surface area contributed by atoms with E-state index in [1.54, 1.807) is 0 Å². The van der Waals surface area contributed by atoms with Crippen LogP contribution in [0.2, 0.25) is 0 Å². The minimum Gasteiger partial charge on any atom is -0.465 e. The van der Waals surface area contributed by atoms with Crippen LogP contribution >= 0.6 is 0 Å². The molecule has 1 N–H and O–H groups in total. The Bertz CT molecular complexity index is 800. The van der Waals surface area contributed by atoms with Gasteiger partial charge in [0.2, 0.25) is 10.0 Å². The van der Waals surface area contributed by atoms with E-state index in [0.717, 1.165) is 18.2 Å². The van der Waals surface area contributed by atoms with E-state index in [1.165, 1.54) is 31.4 Å². The summed E-state index contributed by atoms with van der Waals surface area (Å²) in [6, 6.07) is 8.68. The summed E-state index contributed by atoms with van der Waals surface area (Å²) in [5, 5.41) is 0. The molecule has 0 saturated heterocycles. The summed E-state index contributed by atoms with van der Waals surface area (Å²) < 4.78 is 57.4. The SMILES string of the molecule is COC(=O)c1ccc(CS(=O)(=O)Nc2c(F)cccc2F)cc1. The van der Waals surface area contributed by atoms with Crippen molar-refractivity contribution in [3.63, 3.8) is 0 Å².